The minimum atomic E-state index is -0.0307. The molecule has 3 amide bonds. The summed E-state index contributed by atoms with van der Waals surface area (Å²) < 4.78 is 0. The van der Waals surface area contributed by atoms with Gasteiger partial charge in [-0.3, -0.25) is 19.3 Å². The lowest BCUT2D eigenvalue weighted by molar-refractivity contribution is -0.138. The molecule has 2 fully saturated rings. The fourth-order valence-electron chi connectivity index (χ4n) is 4.92. The summed E-state index contributed by atoms with van der Waals surface area (Å²) in [6, 6.07) is 14.0. The van der Waals surface area contributed by atoms with Gasteiger partial charge in [0, 0.05) is 56.8 Å². The van der Waals surface area contributed by atoms with Crippen LogP contribution in [0.2, 0.25) is 0 Å². The molecule has 4 rings (SSSR count). The van der Waals surface area contributed by atoms with Crippen LogP contribution in [-0.2, 0) is 9.59 Å². The van der Waals surface area contributed by atoms with E-state index in [-0.39, 0.29) is 29.7 Å². The summed E-state index contributed by atoms with van der Waals surface area (Å²) in [6.45, 7) is 8.42. The Bertz CT molecular complexity index is 1020. The van der Waals surface area contributed by atoms with E-state index in [4.69, 9.17) is 0 Å². The molecule has 0 spiro atoms. The molecule has 1 unspecified atom stereocenters. The predicted octanol–water partition coefficient (Wildman–Crippen LogP) is 2.75. The molecule has 7 heteroatoms. The van der Waals surface area contributed by atoms with Crippen LogP contribution in [0.5, 0.6) is 0 Å². The average Bonchev–Trinajstić information content (AvgIpc) is 2.88. The van der Waals surface area contributed by atoms with Crippen molar-refractivity contribution in [1.82, 2.24) is 20.0 Å². The SMILES string of the molecule is CCC(C)NC(=O)CN1CCN(C(=O)C2CCN(C(=O)c3cccc4ccccc34)CC2)CC1. The number of nitrogens with zero attached hydrogens (tertiary/aromatic N) is 3. The molecule has 34 heavy (non-hydrogen) atoms. The van der Waals surface area contributed by atoms with Gasteiger partial charge in [-0.2, -0.15) is 0 Å². The molecule has 0 aliphatic carbocycles. The minimum absolute atomic E-state index is 0.0307. The molecule has 2 aromatic carbocycles. The maximum Gasteiger partial charge on any atom is 0.254 e. The van der Waals surface area contributed by atoms with Gasteiger partial charge in [0.05, 0.1) is 6.54 Å². The second-order valence-electron chi connectivity index (χ2n) is 9.57. The van der Waals surface area contributed by atoms with Gasteiger partial charge >= 0.3 is 0 Å². The van der Waals surface area contributed by atoms with Crippen molar-refractivity contribution in [1.29, 1.82) is 0 Å². The molecule has 0 radical (unpaired) electrons. The molecule has 1 atom stereocenters. The van der Waals surface area contributed by atoms with E-state index in [0.717, 1.165) is 35.8 Å². The summed E-state index contributed by atoms with van der Waals surface area (Å²) in [5, 5.41) is 5.04. The molecule has 2 aliphatic rings. The van der Waals surface area contributed by atoms with Gasteiger partial charge in [0.25, 0.3) is 5.91 Å². The lowest BCUT2D eigenvalue weighted by Gasteiger charge is -2.38. The third-order valence-corrected chi connectivity index (χ3v) is 7.22. The van der Waals surface area contributed by atoms with Crippen molar-refractivity contribution < 1.29 is 14.4 Å². The summed E-state index contributed by atoms with van der Waals surface area (Å²) in [5.41, 5.74) is 0.733. The third kappa shape index (κ3) is 5.58. The lowest BCUT2D eigenvalue weighted by atomic mass is 9.94. The number of amides is 3. The molecule has 0 aromatic heterocycles. The number of benzene rings is 2. The fraction of sp³-hybridized carbons (Fsp3) is 0.519. The van der Waals surface area contributed by atoms with Crippen molar-refractivity contribution in [2.75, 3.05) is 45.8 Å². The number of rotatable bonds is 6. The molecule has 2 saturated heterocycles. The smallest absolute Gasteiger partial charge is 0.254 e. The Hall–Kier alpha value is -2.93. The Morgan fingerprint density at radius 1 is 0.912 bits per heavy atom. The van der Waals surface area contributed by atoms with Gasteiger partial charge in [-0.05, 0) is 43.0 Å². The van der Waals surface area contributed by atoms with E-state index in [2.05, 4.69) is 17.1 Å². The maximum atomic E-state index is 13.2. The van der Waals surface area contributed by atoms with Crippen LogP contribution >= 0.6 is 0 Å². The summed E-state index contributed by atoms with van der Waals surface area (Å²) in [6.07, 6.45) is 2.32. The van der Waals surface area contributed by atoms with Crippen molar-refractivity contribution in [3.8, 4) is 0 Å². The van der Waals surface area contributed by atoms with Gasteiger partial charge in [0.15, 0.2) is 0 Å². The van der Waals surface area contributed by atoms with Gasteiger partial charge in [-0.15, -0.1) is 0 Å². The first-order valence-electron chi connectivity index (χ1n) is 12.5. The van der Waals surface area contributed by atoms with E-state index in [0.29, 0.717) is 45.6 Å². The number of piperidine rings is 1. The first kappa shape index (κ1) is 24.2. The van der Waals surface area contributed by atoms with Crippen LogP contribution in [0, 0.1) is 5.92 Å². The second-order valence-corrected chi connectivity index (χ2v) is 9.57. The second kappa shape index (κ2) is 11.0. The van der Waals surface area contributed by atoms with E-state index in [1.165, 1.54) is 0 Å². The molecule has 182 valence electrons. The highest BCUT2D eigenvalue weighted by molar-refractivity contribution is 6.07. The number of carbonyl (C=O) groups excluding carboxylic acids is 3. The zero-order valence-electron chi connectivity index (χ0n) is 20.3. The molecule has 2 aromatic rings. The van der Waals surface area contributed by atoms with Gasteiger partial charge in [-0.1, -0.05) is 43.3 Å². The quantitative estimate of drug-likeness (QED) is 0.714. The highest BCUT2D eigenvalue weighted by Gasteiger charge is 2.32. The molecule has 1 N–H and O–H groups in total. The van der Waals surface area contributed by atoms with E-state index < -0.39 is 0 Å². The van der Waals surface area contributed by atoms with E-state index in [1.54, 1.807) is 0 Å². The first-order valence-corrected chi connectivity index (χ1v) is 12.5. The lowest BCUT2D eigenvalue weighted by Crippen LogP contribution is -2.53. The first-order chi connectivity index (χ1) is 16.5. The van der Waals surface area contributed by atoms with E-state index >= 15 is 0 Å². The predicted molar refractivity (Wildman–Crippen MR) is 133 cm³/mol. The maximum absolute atomic E-state index is 13.2. The van der Waals surface area contributed by atoms with Gasteiger partial charge in [-0.25, -0.2) is 0 Å². The largest absolute Gasteiger partial charge is 0.353 e. The third-order valence-electron chi connectivity index (χ3n) is 7.22. The Balaban J connectivity index is 1.26. The van der Waals surface area contributed by atoms with Gasteiger partial charge < -0.3 is 15.1 Å². The number of likely N-dealkylation sites (tertiary alicyclic amines) is 1. The van der Waals surface area contributed by atoms with E-state index in [1.807, 2.05) is 59.2 Å². The molecular formula is C27H36N4O3. The topological polar surface area (TPSA) is 73.0 Å². The van der Waals surface area contributed by atoms with Crippen LogP contribution in [-0.4, -0.2) is 84.3 Å². The van der Waals surface area contributed by atoms with Crippen LogP contribution in [0.3, 0.4) is 0 Å². The molecular weight excluding hydrogens is 428 g/mol. The van der Waals surface area contributed by atoms with Crippen molar-refractivity contribution in [2.24, 2.45) is 5.92 Å². The fourth-order valence-corrected chi connectivity index (χ4v) is 4.92. The summed E-state index contributed by atoms with van der Waals surface area (Å²) in [5.74, 6) is 0.266. The van der Waals surface area contributed by atoms with E-state index in [9.17, 15) is 14.4 Å². The monoisotopic (exact) mass is 464 g/mol. The van der Waals surface area contributed by atoms with Crippen molar-refractivity contribution in [2.45, 2.75) is 39.2 Å². The van der Waals surface area contributed by atoms with Crippen LogP contribution in [0.1, 0.15) is 43.5 Å². The molecule has 0 bridgehead atoms. The minimum Gasteiger partial charge on any atom is -0.353 e. The normalized spacial score (nSPS) is 18.6. The summed E-state index contributed by atoms with van der Waals surface area (Å²) in [7, 11) is 0. The van der Waals surface area contributed by atoms with Crippen LogP contribution in [0.15, 0.2) is 42.5 Å². The highest BCUT2D eigenvalue weighted by Crippen LogP contribution is 2.25. The Morgan fingerprint density at radius 2 is 1.59 bits per heavy atom. The summed E-state index contributed by atoms with van der Waals surface area (Å²) >= 11 is 0. The average molecular weight is 465 g/mol. The standard InChI is InChI=1S/C27H36N4O3/c1-3-20(2)28-25(32)19-29-15-17-31(18-16-29)26(33)22-11-13-30(14-12-22)27(34)24-10-6-8-21-7-4-5-9-23(21)24/h4-10,20,22H,3,11-19H2,1-2H3,(H,28,32). The zero-order chi connectivity index (χ0) is 24.1. The number of nitrogens with one attached hydrogen (secondary N) is 1. The molecule has 2 aliphatic heterocycles. The zero-order valence-corrected chi connectivity index (χ0v) is 20.3. The molecule has 0 saturated carbocycles. The Kier molecular flexibility index (Phi) is 7.83. The summed E-state index contributed by atoms with van der Waals surface area (Å²) in [4.78, 5) is 44.4. The Labute approximate surface area is 202 Å². The number of hydrogen-bond acceptors (Lipinski definition) is 4. The van der Waals surface area contributed by atoms with Gasteiger partial charge in [0.2, 0.25) is 11.8 Å². The van der Waals surface area contributed by atoms with Crippen molar-refractivity contribution >= 4 is 28.5 Å². The van der Waals surface area contributed by atoms with Crippen LogP contribution in [0.25, 0.3) is 10.8 Å². The van der Waals surface area contributed by atoms with Crippen LogP contribution < -0.4 is 5.32 Å². The Morgan fingerprint density at radius 3 is 2.29 bits per heavy atom. The number of hydrogen-bond donors (Lipinski definition) is 1. The number of piperazine rings is 1. The number of carbonyl (C=O) groups is 3. The highest BCUT2D eigenvalue weighted by atomic mass is 16.2. The van der Waals surface area contributed by atoms with Crippen LogP contribution in [0.4, 0.5) is 0 Å². The molecule has 7 nitrogen and oxygen atoms in total. The van der Waals surface area contributed by atoms with Crippen molar-refractivity contribution in [3.63, 3.8) is 0 Å². The van der Waals surface area contributed by atoms with Crippen molar-refractivity contribution in [3.05, 3.63) is 48.0 Å². The van der Waals surface area contributed by atoms with Gasteiger partial charge in [0.1, 0.15) is 0 Å². The number of fused-ring (bicyclic) bond motifs is 1. The molecule has 2 heterocycles.